The molecule has 0 aliphatic heterocycles. The molecule has 3 rings (SSSR count). The Labute approximate surface area is 201 Å². The second-order valence-corrected chi connectivity index (χ2v) is 7.74. The molecule has 9 heteroatoms. The number of hydrogen-bond acceptors (Lipinski definition) is 5. The molecule has 2 amide bonds. The summed E-state index contributed by atoms with van der Waals surface area (Å²) in [4.78, 5) is 25.4. The number of ether oxygens (including phenoxy) is 1. The van der Waals surface area contributed by atoms with Crippen molar-refractivity contribution in [2.45, 2.75) is 6.42 Å². The minimum Gasteiger partial charge on any atom is -0.497 e. The van der Waals surface area contributed by atoms with Crippen LogP contribution >= 0.6 is 23.2 Å². The standard InChI is InChI=1S/C24H22Cl2N2O5/c1-32-17-6-3-15(4-7-17)23(30)28-21(24(31)27-11-2-12-29)14-18-8-10-22(33-18)19-13-16(25)5-9-20(19)26/h3-10,13-14,29H,2,11-12H2,1H3,(H,27,31)(H,28,30)/b21-14-. The normalized spacial score (nSPS) is 11.2. The molecule has 0 fully saturated rings. The lowest BCUT2D eigenvalue weighted by Crippen LogP contribution is -2.35. The number of aliphatic hydroxyl groups excluding tert-OH is 1. The summed E-state index contributed by atoms with van der Waals surface area (Å²) >= 11 is 12.3. The van der Waals surface area contributed by atoms with Crippen molar-refractivity contribution in [1.82, 2.24) is 10.6 Å². The van der Waals surface area contributed by atoms with Gasteiger partial charge in [0.15, 0.2) is 0 Å². The van der Waals surface area contributed by atoms with Crippen LogP contribution in [0.4, 0.5) is 0 Å². The van der Waals surface area contributed by atoms with Crippen LogP contribution < -0.4 is 15.4 Å². The number of benzene rings is 2. The first kappa shape index (κ1) is 24.4. The molecule has 0 saturated carbocycles. The van der Waals surface area contributed by atoms with Crippen molar-refractivity contribution in [2.24, 2.45) is 0 Å². The van der Waals surface area contributed by atoms with Gasteiger partial charge in [0.05, 0.1) is 12.1 Å². The summed E-state index contributed by atoms with van der Waals surface area (Å²) in [7, 11) is 1.53. The van der Waals surface area contributed by atoms with Crippen molar-refractivity contribution in [1.29, 1.82) is 0 Å². The second kappa shape index (κ2) is 11.6. The summed E-state index contributed by atoms with van der Waals surface area (Å²) in [6.45, 7) is 0.173. The highest BCUT2D eigenvalue weighted by Gasteiger charge is 2.16. The molecule has 0 spiro atoms. The predicted octanol–water partition coefficient (Wildman–Crippen LogP) is 4.53. The van der Waals surface area contributed by atoms with E-state index in [2.05, 4.69) is 10.6 Å². The molecule has 3 N–H and O–H groups in total. The average molecular weight is 489 g/mol. The largest absolute Gasteiger partial charge is 0.497 e. The van der Waals surface area contributed by atoms with Crippen molar-refractivity contribution in [2.75, 3.05) is 20.3 Å². The number of aliphatic hydroxyl groups is 1. The third-order valence-corrected chi connectivity index (χ3v) is 5.14. The number of hydrogen-bond donors (Lipinski definition) is 3. The van der Waals surface area contributed by atoms with Crippen molar-refractivity contribution in [3.05, 3.63) is 81.7 Å². The Kier molecular flexibility index (Phi) is 8.54. The lowest BCUT2D eigenvalue weighted by molar-refractivity contribution is -0.117. The monoisotopic (exact) mass is 488 g/mol. The van der Waals surface area contributed by atoms with E-state index >= 15 is 0 Å². The summed E-state index contributed by atoms with van der Waals surface area (Å²) in [6.07, 6.45) is 1.79. The van der Waals surface area contributed by atoms with Gasteiger partial charge in [0.25, 0.3) is 11.8 Å². The summed E-state index contributed by atoms with van der Waals surface area (Å²) in [5.74, 6) is 0.375. The predicted molar refractivity (Wildman–Crippen MR) is 127 cm³/mol. The van der Waals surface area contributed by atoms with Gasteiger partial charge in [0, 0.05) is 35.4 Å². The number of halogens is 2. The molecule has 0 unspecified atom stereocenters. The van der Waals surface area contributed by atoms with Crippen LogP contribution in [0.1, 0.15) is 22.5 Å². The van der Waals surface area contributed by atoms with Crippen LogP contribution in [0.2, 0.25) is 10.0 Å². The first-order valence-electron chi connectivity index (χ1n) is 10.0. The minimum atomic E-state index is -0.524. The number of carbonyl (C=O) groups excluding carboxylic acids is 2. The average Bonchev–Trinajstić information content (AvgIpc) is 3.28. The zero-order valence-corrected chi connectivity index (χ0v) is 19.2. The van der Waals surface area contributed by atoms with Gasteiger partial charge in [-0.1, -0.05) is 23.2 Å². The van der Waals surface area contributed by atoms with E-state index in [-0.39, 0.29) is 18.8 Å². The first-order valence-corrected chi connectivity index (χ1v) is 10.8. The molecule has 2 aromatic carbocycles. The van der Waals surface area contributed by atoms with Gasteiger partial charge in [-0.3, -0.25) is 9.59 Å². The van der Waals surface area contributed by atoms with E-state index in [4.69, 9.17) is 37.5 Å². The Morgan fingerprint density at radius 3 is 2.55 bits per heavy atom. The fourth-order valence-corrected chi connectivity index (χ4v) is 3.26. The molecule has 33 heavy (non-hydrogen) atoms. The number of nitrogens with one attached hydrogen (secondary N) is 2. The van der Waals surface area contributed by atoms with Crippen molar-refractivity contribution in [3.8, 4) is 17.1 Å². The number of rotatable bonds is 9. The number of furan rings is 1. The third-order valence-electron chi connectivity index (χ3n) is 4.57. The zero-order chi connectivity index (χ0) is 23.8. The van der Waals surface area contributed by atoms with Gasteiger partial charge in [-0.05, 0) is 61.0 Å². The maximum Gasteiger partial charge on any atom is 0.267 e. The molecule has 172 valence electrons. The number of methoxy groups -OCH3 is 1. The van der Waals surface area contributed by atoms with Crippen LogP contribution in [0.25, 0.3) is 17.4 Å². The van der Waals surface area contributed by atoms with Gasteiger partial charge < -0.3 is 24.9 Å². The van der Waals surface area contributed by atoms with Crippen LogP contribution in [-0.2, 0) is 4.79 Å². The maximum absolute atomic E-state index is 12.7. The second-order valence-electron chi connectivity index (χ2n) is 6.90. The Bertz CT molecular complexity index is 1160. The highest BCUT2D eigenvalue weighted by molar-refractivity contribution is 6.35. The van der Waals surface area contributed by atoms with Gasteiger partial charge in [-0.25, -0.2) is 0 Å². The van der Waals surface area contributed by atoms with Crippen molar-refractivity contribution < 1.29 is 23.8 Å². The fourth-order valence-electron chi connectivity index (χ4n) is 2.88. The van der Waals surface area contributed by atoms with E-state index in [0.717, 1.165) is 0 Å². The first-order chi connectivity index (χ1) is 15.9. The molecule has 0 aliphatic carbocycles. The quantitative estimate of drug-likeness (QED) is 0.303. The van der Waals surface area contributed by atoms with Gasteiger partial charge in [-0.15, -0.1) is 0 Å². The highest BCUT2D eigenvalue weighted by Crippen LogP contribution is 2.32. The fraction of sp³-hybridized carbons (Fsp3) is 0.167. The molecule has 0 atom stereocenters. The molecule has 0 saturated heterocycles. The SMILES string of the molecule is COc1ccc(C(=O)N/C(=C\c2ccc(-c3cc(Cl)ccc3Cl)o2)C(=O)NCCCO)cc1. The van der Waals surface area contributed by atoms with Gasteiger partial charge in [-0.2, -0.15) is 0 Å². The zero-order valence-electron chi connectivity index (χ0n) is 17.7. The molecule has 0 radical (unpaired) electrons. The van der Waals surface area contributed by atoms with E-state index in [1.807, 2.05) is 0 Å². The highest BCUT2D eigenvalue weighted by atomic mass is 35.5. The van der Waals surface area contributed by atoms with E-state index in [0.29, 0.717) is 44.9 Å². The number of carbonyl (C=O) groups is 2. The molecule has 1 aromatic heterocycles. The molecule has 7 nitrogen and oxygen atoms in total. The minimum absolute atomic E-state index is 0.0214. The van der Waals surface area contributed by atoms with Crippen LogP contribution in [0.3, 0.4) is 0 Å². The molecule has 1 heterocycles. The third kappa shape index (κ3) is 6.61. The topological polar surface area (TPSA) is 101 Å². The summed E-state index contributed by atoms with van der Waals surface area (Å²) in [6, 6.07) is 14.8. The maximum atomic E-state index is 12.7. The van der Waals surface area contributed by atoms with Gasteiger partial charge in [0.2, 0.25) is 0 Å². The van der Waals surface area contributed by atoms with Crippen LogP contribution in [-0.4, -0.2) is 37.2 Å². The van der Waals surface area contributed by atoms with Gasteiger partial charge >= 0.3 is 0 Å². The molecule has 0 bridgehead atoms. The van der Waals surface area contributed by atoms with Crippen molar-refractivity contribution in [3.63, 3.8) is 0 Å². The smallest absolute Gasteiger partial charge is 0.267 e. The van der Waals surface area contributed by atoms with Crippen LogP contribution in [0, 0.1) is 0 Å². The Morgan fingerprint density at radius 2 is 1.85 bits per heavy atom. The Morgan fingerprint density at radius 1 is 1.09 bits per heavy atom. The van der Waals surface area contributed by atoms with Gasteiger partial charge in [0.1, 0.15) is 23.0 Å². The van der Waals surface area contributed by atoms with E-state index < -0.39 is 11.8 Å². The van der Waals surface area contributed by atoms with E-state index in [1.54, 1.807) is 54.6 Å². The summed E-state index contributed by atoms with van der Waals surface area (Å²) < 4.78 is 10.9. The molecular weight excluding hydrogens is 467 g/mol. The van der Waals surface area contributed by atoms with Crippen LogP contribution in [0.5, 0.6) is 5.75 Å². The molecule has 0 aliphatic rings. The number of amides is 2. The Balaban J connectivity index is 1.87. The Hall–Kier alpha value is -3.26. The summed E-state index contributed by atoms with van der Waals surface area (Å²) in [5.41, 5.74) is 0.919. The molecule has 3 aromatic rings. The lowest BCUT2D eigenvalue weighted by atomic mass is 10.2. The van der Waals surface area contributed by atoms with Crippen molar-refractivity contribution >= 4 is 41.1 Å². The molecular formula is C24H22Cl2N2O5. The lowest BCUT2D eigenvalue weighted by Gasteiger charge is -2.11. The summed E-state index contributed by atoms with van der Waals surface area (Å²) in [5, 5.41) is 15.2. The van der Waals surface area contributed by atoms with E-state index in [1.165, 1.54) is 13.2 Å². The van der Waals surface area contributed by atoms with Crippen LogP contribution in [0.15, 0.2) is 64.7 Å². The van der Waals surface area contributed by atoms with E-state index in [9.17, 15) is 9.59 Å².